The Balaban J connectivity index is 0.000000126. The minimum atomic E-state index is -0.294. The molecule has 2 aromatic heterocycles. The van der Waals surface area contributed by atoms with Gasteiger partial charge < -0.3 is 14.6 Å². The summed E-state index contributed by atoms with van der Waals surface area (Å²) in [5.41, 5.74) is 8.24. The molecular weight excluding hydrogens is 765 g/mol. The van der Waals surface area contributed by atoms with Crippen LogP contribution in [-0.2, 0) is 14.3 Å². The molecule has 2 unspecified atom stereocenters. The van der Waals surface area contributed by atoms with E-state index in [9.17, 15) is 9.90 Å². The van der Waals surface area contributed by atoms with Gasteiger partial charge in [-0.15, -0.1) is 0 Å². The van der Waals surface area contributed by atoms with Crippen molar-refractivity contribution >= 4 is 27.3 Å². The van der Waals surface area contributed by atoms with Crippen LogP contribution in [0.3, 0.4) is 0 Å². The minimum absolute atomic E-state index is 0.138. The zero-order valence-electron chi connectivity index (χ0n) is 36.5. The third-order valence-electron chi connectivity index (χ3n) is 19.3. The standard InChI is InChI=1S/C28H31NO2.C28H29NO2/c2*1-26-10-8-22-15-21-4-5-23(30)16-27(21)11-12-28(22,31-27)25(26)7-6-24(26)19-3-2-18-9-13-29-17-20(18)14-19/h2-3,8-9,13-15,17,23-25,30H,4-7,10-12,16H2,1H3;2-3,8-9,13-15,17,24-25H,4-7,10-12,16H2,1H3/t23-,24+,25+,26+,27+,28?;24-,25-,26-,27-,28?/m01/s1. The molecule has 6 nitrogen and oxygen atoms in total. The molecule has 0 amide bonds. The van der Waals surface area contributed by atoms with Crippen LogP contribution < -0.4 is 0 Å². The monoisotopic (exact) mass is 824 g/mol. The van der Waals surface area contributed by atoms with Crippen molar-refractivity contribution in [3.63, 3.8) is 0 Å². The third kappa shape index (κ3) is 5.18. The fraction of sp³-hybridized carbons (Fsp3) is 0.518. The second-order valence-electron chi connectivity index (χ2n) is 22.0. The highest BCUT2D eigenvalue weighted by molar-refractivity contribution is 5.84. The predicted molar refractivity (Wildman–Crippen MR) is 242 cm³/mol. The molecule has 10 aliphatic rings. The summed E-state index contributed by atoms with van der Waals surface area (Å²) in [5, 5.41) is 15.5. The van der Waals surface area contributed by atoms with Crippen LogP contribution >= 0.6 is 0 Å². The van der Waals surface area contributed by atoms with E-state index in [1.54, 1.807) is 0 Å². The highest BCUT2D eigenvalue weighted by atomic mass is 16.5. The van der Waals surface area contributed by atoms with Crippen molar-refractivity contribution in [2.24, 2.45) is 22.7 Å². The van der Waals surface area contributed by atoms with Gasteiger partial charge in [-0.2, -0.15) is 0 Å². The van der Waals surface area contributed by atoms with E-state index in [0.717, 1.165) is 64.2 Å². The van der Waals surface area contributed by atoms with E-state index in [1.165, 1.54) is 80.6 Å². The predicted octanol–water partition coefficient (Wildman–Crippen LogP) is 11.9. The quantitative estimate of drug-likeness (QED) is 0.217. The summed E-state index contributed by atoms with van der Waals surface area (Å²) >= 11 is 0. The molecular formula is C56H60N2O4. The van der Waals surface area contributed by atoms with Crippen molar-refractivity contribution in [2.45, 2.75) is 157 Å². The van der Waals surface area contributed by atoms with E-state index in [0.29, 0.717) is 42.3 Å². The number of Topliss-reactive ketones (excluding diaryl/α,β-unsaturated/α-hetero) is 1. The number of aromatic nitrogens is 2. The lowest BCUT2D eigenvalue weighted by molar-refractivity contribution is -0.146. The van der Waals surface area contributed by atoms with E-state index in [4.69, 9.17) is 9.47 Å². The number of carbonyl (C=O) groups excluding carboxylic acids is 1. The Bertz CT molecular complexity index is 2710. The maximum absolute atomic E-state index is 12.4. The number of aliphatic hydroxyl groups excluding tert-OH is 1. The van der Waals surface area contributed by atoms with Gasteiger partial charge in [-0.3, -0.25) is 14.8 Å². The Hall–Kier alpha value is -4.23. The van der Waals surface area contributed by atoms with Crippen LogP contribution in [-0.4, -0.2) is 49.4 Å². The van der Waals surface area contributed by atoms with Gasteiger partial charge in [-0.1, -0.05) is 62.4 Å². The maximum atomic E-state index is 12.4. The SMILES string of the molecule is C[C@]12CC=C3C=C4CCC(=O)C[C@]45CCC3(O5)[C@@H]1CC[C@@H]2c1ccc2ccncc2c1.C[C@]12CC=C3C=C4CC[C@H](O)C[C@]45CCC3(O5)[C@@H]1CC[C@@H]2c1ccc2ccncc2c1. The van der Waals surface area contributed by atoms with Crippen LogP contribution in [0.25, 0.3) is 21.5 Å². The molecule has 2 aromatic carbocycles. The first-order chi connectivity index (χ1) is 30.0. The highest BCUT2D eigenvalue weighted by Gasteiger charge is 2.68. The van der Waals surface area contributed by atoms with E-state index < -0.39 is 0 Å². The second kappa shape index (κ2) is 13.2. The summed E-state index contributed by atoms with van der Waals surface area (Å²) in [6.45, 7) is 5.03. The smallest absolute Gasteiger partial charge is 0.136 e. The largest absolute Gasteiger partial charge is 0.393 e. The number of fused-ring (bicyclic) bond motifs is 4. The Morgan fingerprint density at radius 3 is 1.76 bits per heavy atom. The number of pyridine rings is 2. The zero-order valence-corrected chi connectivity index (χ0v) is 36.5. The van der Waals surface area contributed by atoms with Crippen LogP contribution in [0.1, 0.15) is 140 Å². The van der Waals surface area contributed by atoms with Gasteiger partial charge in [-0.25, -0.2) is 0 Å². The van der Waals surface area contributed by atoms with Gasteiger partial charge >= 0.3 is 0 Å². The molecule has 4 aliphatic heterocycles. The molecule has 4 saturated carbocycles. The van der Waals surface area contributed by atoms with Crippen molar-refractivity contribution in [1.29, 1.82) is 0 Å². The second-order valence-corrected chi connectivity index (χ2v) is 22.0. The zero-order chi connectivity index (χ0) is 41.7. The van der Waals surface area contributed by atoms with Gasteiger partial charge in [0.2, 0.25) is 0 Å². The molecule has 2 saturated heterocycles. The van der Waals surface area contributed by atoms with Crippen LogP contribution in [0.15, 0.2) is 120 Å². The fourth-order valence-electron chi connectivity index (χ4n) is 16.3. The summed E-state index contributed by atoms with van der Waals surface area (Å²) in [4.78, 5) is 21.1. The maximum Gasteiger partial charge on any atom is 0.136 e. The average Bonchev–Trinajstić information content (AvgIpc) is 4.01. The minimum Gasteiger partial charge on any atom is -0.393 e. The summed E-state index contributed by atoms with van der Waals surface area (Å²) in [6.07, 6.45) is 33.7. The van der Waals surface area contributed by atoms with Crippen molar-refractivity contribution in [3.05, 3.63) is 131 Å². The molecule has 6 fully saturated rings. The molecule has 4 aromatic rings. The number of ketones is 1. The summed E-state index contributed by atoms with van der Waals surface area (Å²) in [6, 6.07) is 18.2. The van der Waals surface area contributed by atoms with Crippen LogP contribution in [0.2, 0.25) is 0 Å². The lowest BCUT2D eigenvalue weighted by atomic mass is 9.58. The summed E-state index contributed by atoms with van der Waals surface area (Å²) in [7, 11) is 0. The summed E-state index contributed by atoms with van der Waals surface area (Å²) < 4.78 is 14.3. The van der Waals surface area contributed by atoms with Crippen molar-refractivity contribution in [2.75, 3.05) is 0 Å². The molecule has 6 heteroatoms. The number of rotatable bonds is 2. The number of hydrogen-bond donors (Lipinski definition) is 1. The lowest BCUT2D eigenvalue weighted by Crippen LogP contribution is -2.54. The molecule has 6 heterocycles. The van der Waals surface area contributed by atoms with Gasteiger partial charge in [0.1, 0.15) is 5.78 Å². The molecule has 4 spiro atoms. The molecule has 1 N–H and O–H groups in total. The lowest BCUT2D eigenvalue weighted by Gasteiger charge is -2.54. The highest BCUT2D eigenvalue weighted by Crippen LogP contribution is 2.71. The van der Waals surface area contributed by atoms with Crippen LogP contribution in [0.4, 0.5) is 0 Å². The third-order valence-corrected chi connectivity index (χ3v) is 19.3. The Labute approximate surface area is 366 Å². The topological polar surface area (TPSA) is 81.5 Å². The number of hydrogen-bond acceptors (Lipinski definition) is 6. The molecule has 62 heavy (non-hydrogen) atoms. The van der Waals surface area contributed by atoms with Crippen molar-refractivity contribution in [1.82, 2.24) is 9.97 Å². The number of carbonyl (C=O) groups is 1. The first-order valence-corrected chi connectivity index (χ1v) is 24.2. The first-order valence-electron chi connectivity index (χ1n) is 24.2. The Kier molecular flexibility index (Phi) is 8.13. The Morgan fingerprint density at radius 1 is 0.613 bits per heavy atom. The van der Waals surface area contributed by atoms with E-state index in [1.807, 2.05) is 24.8 Å². The van der Waals surface area contributed by atoms with Gasteiger partial charge in [0, 0.05) is 54.8 Å². The first kappa shape index (κ1) is 38.2. The van der Waals surface area contributed by atoms with Crippen LogP contribution in [0, 0.1) is 22.7 Å². The fourth-order valence-corrected chi connectivity index (χ4v) is 16.3. The van der Waals surface area contributed by atoms with Gasteiger partial charge in [0.05, 0.1) is 28.5 Å². The van der Waals surface area contributed by atoms with Gasteiger partial charge in [0.25, 0.3) is 0 Å². The van der Waals surface area contributed by atoms with E-state index >= 15 is 0 Å². The van der Waals surface area contributed by atoms with Crippen LogP contribution in [0.5, 0.6) is 0 Å². The number of allylic oxidation sites excluding steroid dienone is 2. The number of aliphatic hydroxyl groups is 1. The molecule has 0 radical (unpaired) electrons. The summed E-state index contributed by atoms with van der Waals surface area (Å²) in [5.74, 6) is 2.54. The molecule has 11 atom stereocenters. The van der Waals surface area contributed by atoms with E-state index in [-0.39, 0.29) is 39.3 Å². The Morgan fingerprint density at radius 2 is 1.16 bits per heavy atom. The normalized spacial score (nSPS) is 41.9. The molecule has 318 valence electrons. The molecule has 14 rings (SSSR count). The van der Waals surface area contributed by atoms with E-state index in [2.05, 4.69) is 96.7 Å². The number of ether oxygens (including phenoxy) is 2. The van der Waals surface area contributed by atoms with Gasteiger partial charge in [0.15, 0.2) is 0 Å². The van der Waals surface area contributed by atoms with Gasteiger partial charge in [-0.05, 0) is 186 Å². The van der Waals surface area contributed by atoms with Crippen molar-refractivity contribution < 1.29 is 19.4 Å². The molecule has 6 aliphatic carbocycles. The van der Waals surface area contributed by atoms with Crippen molar-refractivity contribution in [3.8, 4) is 0 Å². The number of benzene rings is 2. The molecule has 4 bridgehead atoms. The number of nitrogens with zero attached hydrogens (tertiary/aromatic N) is 2. The average molecular weight is 825 g/mol.